The van der Waals surface area contributed by atoms with E-state index in [1.165, 1.54) is 0 Å². The van der Waals surface area contributed by atoms with Gasteiger partial charge < -0.3 is 10.2 Å². The molecule has 5 heteroatoms. The third-order valence-corrected chi connectivity index (χ3v) is 2.54. The quantitative estimate of drug-likeness (QED) is 0.891. The van der Waals surface area contributed by atoms with E-state index in [4.69, 9.17) is 10.2 Å². The van der Waals surface area contributed by atoms with Gasteiger partial charge in [-0.2, -0.15) is 5.10 Å². The summed E-state index contributed by atoms with van der Waals surface area (Å²) in [5.74, 6) is 0. The van der Waals surface area contributed by atoms with E-state index in [0.29, 0.717) is 4.67 Å². The molecule has 0 aliphatic heterocycles. The minimum atomic E-state index is -0.197. The van der Waals surface area contributed by atoms with E-state index >= 15 is 0 Å². The molecule has 14 heavy (non-hydrogen) atoms. The molecule has 2 aromatic rings. The van der Waals surface area contributed by atoms with E-state index in [1.54, 1.807) is 17.1 Å². The van der Waals surface area contributed by atoms with Crippen molar-refractivity contribution in [3.63, 3.8) is 0 Å². The minimum Gasteiger partial charge on any atom is -0.457 e. The fraction of sp³-hybridized carbons (Fsp3) is 0.222. The normalized spacial score (nSPS) is 13.1. The van der Waals surface area contributed by atoms with E-state index in [2.05, 4.69) is 21.0 Å². The van der Waals surface area contributed by atoms with Crippen LogP contribution >= 0.6 is 15.9 Å². The van der Waals surface area contributed by atoms with Gasteiger partial charge in [0.05, 0.1) is 18.0 Å². The zero-order chi connectivity index (χ0) is 10.1. The summed E-state index contributed by atoms with van der Waals surface area (Å²) in [5.41, 5.74) is 7.92. The summed E-state index contributed by atoms with van der Waals surface area (Å²) in [5, 5.41) is 4.06. The van der Waals surface area contributed by atoms with E-state index in [-0.39, 0.29) is 6.04 Å². The van der Waals surface area contributed by atoms with Crippen LogP contribution in [0.5, 0.6) is 0 Å². The largest absolute Gasteiger partial charge is 0.457 e. The number of hydrogen-bond donors (Lipinski definition) is 1. The minimum absolute atomic E-state index is 0.197. The molecule has 0 aliphatic rings. The molecule has 0 radical (unpaired) electrons. The fourth-order valence-electron chi connectivity index (χ4n) is 1.35. The van der Waals surface area contributed by atoms with Gasteiger partial charge in [0.2, 0.25) is 0 Å². The van der Waals surface area contributed by atoms with Crippen LogP contribution < -0.4 is 5.73 Å². The van der Waals surface area contributed by atoms with E-state index in [9.17, 15) is 0 Å². The Balaban J connectivity index is 2.33. The molecule has 0 fully saturated rings. The fourth-order valence-corrected chi connectivity index (χ4v) is 1.70. The van der Waals surface area contributed by atoms with Crippen LogP contribution in [0.15, 0.2) is 33.7 Å². The molecule has 74 valence electrons. The predicted octanol–water partition coefficient (Wildman–Crippen LogP) is 1.82. The van der Waals surface area contributed by atoms with E-state index < -0.39 is 0 Å². The Kier molecular flexibility index (Phi) is 2.43. The van der Waals surface area contributed by atoms with Gasteiger partial charge in [-0.25, -0.2) is 0 Å². The Bertz CT molecular complexity index is 435. The third-order valence-electron chi connectivity index (χ3n) is 2.12. The van der Waals surface area contributed by atoms with Crippen LogP contribution in [0, 0.1) is 0 Å². The van der Waals surface area contributed by atoms with Gasteiger partial charge in [-0.15, -0.1) is 0 Å². The molecule has 0 aromatic carbocycles. The van der Waals surface area contributed by atoms with Crippen LogP contribution in [0.4, 0.5) is 0 Å². The Hall–Kier alpha value is -1.07. The molecule has 1 unspecified atom stereocenters. The van der Waals surface area contributed by atoms with Crippen LogP contribution in [0.2, 0.25) is 0 Å². The summed E-state index contributed by atoms with van der Waals surface area (Å²) in [6.07, 6.45) is 3.37. The highest BCUT2D eigenvalue weighted by Gasteiger charge is 2.14. The zero-order valence-corrected chi connectivity index (χ0v) is 9.23. The molecule has 0 amide bonds. The summed E-state index contributed by atoms with van der Waals surface area (Å²) < 4.78 is 7.57. The number of rotatable bonds is 2. The van der Waals surface area contributed by atoms with Crippen LogP contribution in [0.25, 0.3) is 0 Å². The van der Waals surface area contributed by atoms with Crippen molar-refractivity contribution in [3.8, 4) is 0 Å². The molecule has 0 saturated carbocycles. The smallest absolute Gasteiger partial charge is 0.169 e. The van der Waals surface area contributed by atoms with Crippen molar-refractivity contribution in [1.29, 1.82) is 0 Å². The molecule has 2 heterocycles. The Morgan fingerprint density at radius 1 is 1.64 bits per heavy atom. The molecule has 4 nitrogen and oxygen atoms in total. The van der Waals surface area contributed by atoms with Crippen molar-refractivity contribution >= 4 is 15.9 Å². The average molecular weight is 256 g/mol. The molecule has 2 aromatic heterocycles. The topological polar surface area (TPSA) is 57.0 Å². The number of furan rings is 1. The first-order valence-electron chi connectivity index (χ1n) is 4.16. The molecular formula is C9H10BrN3O. The predicted molar refractivity (Wildman–Crippen MR) is 55.6 cm³/mol. The van der Waals surface area contributed by atoms with Gasteiger partial charge in [0, 0.05) is 18.8 Å². The number of nitrogens with zero attached hydrogens (tertiary/aromatic N) is 2. The number of aromatic nitrogens is 2. The summed E-state index contributed by atoms with van der Waals surface area (Å²) in [7, 11) is 1.87. The number of nitrogens with two attached hydrogens (primary N) is 1. The molecular weight excluding hydrogens is 246 g/mol. The monoisotopic (exact) mass is 255 g/mol. The lowest BCUT2D eigenvalue weighted by molar-refractivity contribution is 0.536. The first-order valence-corrected chi connectivity index (χ1v) is 4.95. The molecule has 2 N–H and O–H groups in total. The maximum absolute atomic E-state index is 6.03. The van der Waals surface area contributed by atoms with Crippen molar-refractivity contribution in [2.45, 2.75) is 6.04 Å². The lowest BCUT2D eigenvalue weighted by atomic mass is 10.1. The Morgan fingerprint density at radius 3 is 2.93 bits per heavy atom. The lowest BCUT2D eigenvalue weighted by Crippen LogP contribution is -2.15. The second kappa shape index (κ2) is 3.59. The van der Waals surface area contributed by atoms with Crippen molar-refractivity contribution in [1.82, 2.24) is 9.78 Å². The van der Waals surface area contributed by atoms with Gasteiger partial charge in [0.25, 0.3) is 0 Å². The highest BCUT2D eigenvalue weighted by atomic mass is 79.9. The average Bonchev–Trinajstić information content (AvgIpc) is 2.73. The van der Waals surface area contributed by atoms with Crippen LogP contribution in [0.1, 0.15) is 17.3 Å². The standard InChI is InChI=1S/C9H10BrN3O/c1-13-7(2-3-12-13)9(11)6-4-8(10)14-5-6/h2-5,9H,11H2,1H3. The summed E-state index contributed by atoms with van der Waals surface area (Å²) in [6.45, 7) is 0. The lowest BCUT2D eigenvalue weighted by Gasteiger charge is -2.08. The van der Waals surface area contributed by atoms with Gasteiger partial charge >= 0.3 is 0 Å². The first kappa shape index (κ1) is 9.48. The van der Waals surface area contributed by atoms with E-state index in [0.717, 1.165) is 11.3 Å². The highest BCUT2D eigenvalue weighted by molar-refractivity contribution is 9.10. The van der Waals surface area contributed by atoms with Gasteiger partial charge in [-0.05, 0) is 28.1 Å². The van der Waals surface area contributed by atoms with Crippen molar-refractivity contribution in [2.24, 2.45) is 12.8 Å². The van der Waals surface area contributed by atoms with Crippen LogP contribution in [-0.2, 0) is 7.05 Å². The SMILES string of the molecule is Cn1nccc1C(N)c1coc(Br)c1. The second-order valence-electron chi connectivity index (χ2n) is 3.04. The number of hydrogen-bond acceptors (Lipinski definition) is 3. The van der Waals surface area contributed by atoms with Crippen molar-refractivity contribution < 1.29 is 4.42 Å². The van der Waals surface area contributed by atoms with Gasteiger partial charge in [-0.1, -0.05) is 0 Å². The van der Waals surface area contributed by atoms with Crippen molar-refractivity contribution in [2.75, 3.05) is 0 Å². The third kappa shape index (κ3) is 1.60. The summed E-state index contributed by atoms with van der Waals surface area (Å²) in [4.78, 5) is 0. The van der Waals surface area contributed by atoms with Gasteiger partial charge in [-0.3, -0.25) is 4.68 Å². The maximum Gasteiger partial charge on any atom is 0.169 e. The van der Waals surface area contributed by atoms with Gasteiger partial charge in [0.15, 0.2) is 4.67 Å². The van der Waals surface area contributed by atoms with E-state index in [1.807, 2.05) is 19.2 Å². The van der Waals surface area contributed by atoms with Gasteiger partial charge in [0.1, 0.15) is 0 Å². The van der Waals surface area contributed by atoms with Crippen molar-refractivity contribution in [3.05, 3.63) is 40.5 Å². The summed E-state index contributed by atoms with van der Waals surface area (Å²) >= 11 is 3.24. The molecule has 0 bridgehead atoms. The number of aryl methyl sites for hydroxylation is 1. The second-order valence-corrected chi connectivity index (χ2v) is 3.82. The Morgan fingerprint density at radius 2 is 2.43 bits per heavy atom. The number of halogens is 1. The molecule has 0 spiro atoms. The molecule has 2 rings (SSSR count). The summed E-state index contributed by atoms with van der Waals surface area (Å²) in [6, 6.07) is 3.56. The highest BCUT2D eigenvalue weighted by Crippen LogP contribution is 2.23. The van der Waals surface area contributed by atoms with Crippen LogP contribution in [-0.4, -0.2) is 9.78 Å². The maximum atomic E-state index is 6.03. The zero-order valence-electron chi connectivity index (χ0n) is 7.64. The molecule has 0 saturated heterocycles. The molecule has 0 aliphatic carbocycles. The van der Waals surface area contributed by atoms with Crippen LogP contribution in [0.3, 0.4) is 0 Å². The molecule has 1 atom stereocenters. The Labute approximate surface area is 89.8 Å². The first-order chi connectivity index (χ1) is 6.68.